The Bertz CT molecular complexity index is 224. The van der Waals surface area contributed by atoms with E-state index in [1.165, 1.54) is 0 Å². The molecule has 1 rings (SSSR count). The van der Waals surface area contributed by atoms with Crippen LogP contribution in [-0.2, 0) is 6.54 Å². The maximum Gasteiger partial charge on any atom is 0.0607 e. The van der Waals surface area contributed by atoms with E-state index in [4.69, 9.17) is 10.2 Å². The molecule has 0 aliphatic heterocycles. The summed E-state index contributed by atoms with van der Waals surface area (Å²) in [5, 5.41) is 20.5. The third-order valence-corrected chi connectivity index (χ3v) is 1.78. The maximum atomic E-state index is 8.77. The van der Waals surface area contributed by atoms with Crippen LogP contribution in [0.25, 0.3) is 0 Å². The molecule has 4 heteroatoms. The fourth-order valence-electron chi connectivity index (χ4n) is 0.950. The molecule has 3 N–H and O–H groups in total. The van der Waals surface area contributed by atoms with E-state index >= 15 is 0 Å². The quantitative estimate of drug-likeness (QED) is 0.575. The molecule has 0 bridgehead atoms. The minimum Gasteiger partial charge on any atom is -0.395 e. The molecule has 0 amide bonds. The SMILES string of the molecule is OCC(CO)NCc1ccncc1. The van der Waals surface area contributed by atoms with Crippen LogP contribution in [0.1, 0.15) is 5.56 Å². The first-order valence-electron chi connectivity index (χ1n) is 4.21. The number of nitrogens with one attached hydrogen (secondary N) is 1. The van der Waals surface area contributed by atoms with Gasteiger partial charge in [-0.2, -0.15) is 0 Å². The van der Waals surface area contributed by atoms with Gasteiger partial charge < -0.3 is 15.5 Å². The molecule has 1 heterocycles. The van der Waals surface area contributed by atoms with Gasteiger partial charge >= 0.3 is 0 Å². The molecule has 0 fully saturated rings. The van der Waals surface area contributed by atoms with Crippen molar-refractivity contribution >= 4 is 0 Å². The van der Waals surface area contributed by atoms with Crippen LogP contribution in [0.2, 0.25) is 0 Å². The summed E-state index contributed by atoms with van der Waals surface area (Å²) >= 11 is 0. The lowest BCUT2D eigenvalue weighted by atomic mass is 10.2. The first-order valence-corrected chi connectivity index (χ1v) is 4.21. The van der Waals surface area contributed by atoms with Crippen molar-refractivity contribution in [2.75, 3.05) is 13.2 Å². The number of aliphatic hydroxyl groups is 2. The standard InChI is InChI=1S/C9H14N2O2/c12-6-9(7-13)11-5-8-1-3-10-4-2-8/h1-4,9,11-13H,5-7H2. The number of pyridine rings is 1. The van der Waals surface area contributed by atoms with Gasteiger partial charge in [-0.25, -0.2) is 0 Å². The summed E-state index contributed by atoms with van der Waals surface area (Å²) in [7, 11) is 0. The van der Waals surface area contributed by atoms with E-state index < -0.39 is 0 Å². The van der Waals surface area contributed by atoms with Crippen molar-refractivity contribution in [1.29, 1.82) is 0 Å². The van der Waals surface area contributed by atoms with E-state index in [2.05, 4.69) is 10.3 Å². The Balaban J connectivity index is 2.34. The van der Waals surface area contributed by atoms with Crippen LogP contribution >= 0.6 is 0 Å². The van der Waals surface area contributed by atoms with Gasteiger partial charge in [-0.1, -0.05) is 0 Å². The van der Waals surface area contributed by atoms with Crippen molar-refractivity contribution in [3.63, 3.8) is 0 Å². The monoisotopic (exact) mass is 182 g/mol. The average molecular weight is 182 g/mol. The minimum absolute atomic E-state index is 0.0540. The molecule has 0 saturated carbocycles. The summed E-state index contributed by atoms with van der Waals surface area (Å²) in [6.07, 6.45) is 3.42. The van der Waals surface area contributed by atoms with Crippen LogP contribution < -0.4 is 5.32 Å². The van der Waals surface area contributed by atoms with Gasteiger partial charge in [0, 0.05) is 18.9 Å². The highest BCUT2D eigenvalue weighted by molar-refractivity contribution is 5.09. The zero-order valence-corrected chi connectivity index (χ0v) is 7.35. The Labute approximate surface area is 77.2 Å². The van der Waals surface area contributed by atoms with Crippen LogP contribution in [0.3, 0.4) is 0 Å². The fourth-order valence-corrected chi connectivity index (χ4v) is 0.950. The molecule has 4 nitrogen and oxygen atoms in total. The van der Waals surface area contributed by atoms with Crippen LogP contribution in [0, 0.1) is 0 Å². The molecule has 1 aromatic heterocycles. The van der Waals surface area contributed by atoms with E-state index in [1.807, 2.05) is 12.1 Å². The van der Waals surface area contributed by atoms with Crippen LogP contribution in [-0.4, -0.2) is 34.5 Å². The third-order valence-electron chi connectivity index (χ3n) is 1.78. The summed E-state index contributed by atoms with van der Waals surface area (Å²) in [5.74, 6) is 0. The molecule has 0 aliphatic carbocycles. The number of hydrogen-bond acceptors (Lipinski definition) is 4. The maximum absolute atomic E-state index is 8.77. The highest BCUT2D eigenvalue weighted by Gasteiger charge is 2.03. The molecule has 0 radical (unpaired) electrons. The van der Waals surface area contributed by atoms with Gasteiger partial charge in [0.2, 0.25) is 0 Å². The highest BCUT2D eigenvalue weighted by Crippen LogP contribution is 1.95. The summed E-state index contributed by atoms with van der Waals surface area (Å²) in [4.78, 5) is 3.89. The lowest BCUT2D eigenvalue weighted by Crippen LogP contribution is -2.35. The van der Waals surface area contributed by atoms with E-state index in [-0.39, 0.29) is 19.3 Å². The molecule has 0 unspecified atom stereocenters. The van der Waals surface area contributed by atoms with Gasteiger partial charge in [-0.05, 0) is 17.7 Å². The first-order chi connectivity index (χ1) is 6.36. The molecule has 0 atom stereocenters. The topological polar surface area (TPSA) is 65.4 Å². The summed E-state index contributed by atoms with van der Waals surface area (Å²) in [6.45, 7) is 0.525. The van der Waals surface area contributed by atoms with Crippen LogP contribution in [0.15, 0.2) is 24.5 Å². The van der Waals surface area contributed by atoms with Crippen molar-refractivity contribution < 1.29 is 10.2 Å². The normalized spacial score (nSPS) is 10.7. The van der Waals surface area contributed by atoms with E-state index in [0.717, 1.165) is 5.56 Å². The zero-order chi connectivity index (χ0) is 9.52. The van der Waals surface area contributed by atoms with Crippen LogP contribution in [0.4, 0.5) is 0 Å². The molecule has 1 aromatic rings. The molecule has 72 valence electrons. The number of aliphatic hydroxyl groups excluding tert-OH is 2. The molecule has 0 saturated heterocycles. The predicted octanol–water partition coefficient (Wildman–Crippen LogP) is -0.476. The number of hydrogen-bond donors (Lipinski definition) is 3. The second-order valence-corrected chi connectivity index (χ2v) is 2.80. The molecular weight excluding hydrogens is 168 g/mol. The number of nitrogens with zero attached hydrogens (tertiary/aromatic N) is 1. The van der Waals surface area contributed by atoms with E-state index in [9.17, 15) is 0 Å². The van der Waals surface area contributed by atoms with Gasteiger partial charge in [0.1, 0.15) is 0 Å². The van der Waals surface area contributed by atoms with Gasteiger partial charge in [0.05, 0.1) is 19.3 Å². The molecule has 0 aliphatic rings. The fraction of sp³-hybridized carbons (Fsp3) is 0.444. The third kappa shape index (κ3) is 3.50. The van der Waals surface area contributed by atoms with Gasteiger partial charge in [-0.3, -0.25) is 4.98 Å². The van der Waals surface area contributed by atoms with E-state index in [1.54, 1.807) is 12.4 Å². The van der Waals surface area contributed by atoms with Crippen molar-refractivity contribution in [1.82, 2.24) is 10.3 Å². The smallest absolute Gasteiger partial charge is 0.0607 e. The zero-order valence-electron chi connectivity index (χ0n) is 7.35. The average Bonchev–Trinajstić information content (AvgIpc) is 2.21. The first kappa shape index (κ1) is 10.1. The second-order valence-electron chi connectivity index (χ2n) is 2.80. The number of rotatable bonds is 5. The van der Waals surface area contributed by atoms with Crippen molar-refractivity contribution in [3.8, 4) is 0 Å². The second kappa shape index (κ2) is 5.64. The van der Waals surface area contributed by atoms with Crippen molar-refractivity contribution in [3.05, 3.63) is 30.1 Å². The van der Waals surface area contributed by atoms with E-state index in [0.29, 0.717) is 6.54 Å². The molecular formula is C9H14N2O2. The molecule has 0 aromatic carbocycles. The van der Waals surface area contributed by atoms with Gasteiger partial charge in [-0.15, -0.1) is 0 Å². The van der Waals surface area contributed by atoms with Crippen molar-refractivity contribution in [2.45, 2.75) is 12.6 Å². The predicted molar refractivity (Wildman–Crippen MR) is 49.0 cm³/mol. The molecule has 0 spiro atoms. The Hall–Kier alpha value is -0.970. The largest absolute Gasteiger partial charge is 0.395 e. The molecule has 13 heavy (non-hydrogen) atoms. The highest BCUT2D eigenvalue weighted by atomic mass is 16.3. The minimum atomic E-state index is -0.242. The Kier molecular flexibility index (Phi) is 4.39. The summed E-state index contributed by atoms with van der Waals surface area (Å²) in [6, 6.07) is 3.53. The number of aromatic nitrogens is 1. The van der Waals surface area contributed by atoms with Gasteiger partial charge in [0.15, 0.2) is 0 Å². The summed E-state index contributed by atoms with van der Waals surface area (Å²) < 4.78 is 0. The van der Waals surface area contributed by atoms with Crippen LogP contribution in [0.5, 0.6) is 0 Å². The lowest BCUT2D eigenvalue weighted by Gasteiger charge is -2.12. The summed E-state index contributed by atoms with van der Waals surface area (Å²) in [5.41, 5.74) is 1.09. The Morgan fingerprint density at radius 3 is 2.38 bits per heavy atom. The van der Waals surface area contributed by atoms with Crippen molar-refractivity contribution in [2.24, 2.45) is 0 Å². The Morgan fingerprint density at radius 2 is 1.85 bits per heavy atom. The Morgan fingerprint density at radius 1 is 1.23 bits per heavy atom. The van der Waals surface area contributed by atoms with Gasteiger partial charge in [0.25, 0.3) is 0 Å². The lowest BCUT2D eigenvalue weighted by molar-refractivity contribution is 0.170.